The average Bonchev–Trinajstić information content (AvgIpc) is 3.28. The Hall–Kier alpha value is -2.31. The zero-order valence-electron chi connectivity index (χ0n) is 13.3. The molecule has 0 atom stereocenters. The van der Waals surface area contributed by atoms with Crippen LogP contribution in [-0.4, -0.2) is 23.7 Å². The van der Waals surface area contributed by atoms with Gasteiger partial charge >= 0.3 is 0 Å². The van der Waals surface area contributed by atoms with Crippen LogP contribution in [0.5, 0.6) is 0 Å². The van der Waals surface area contributed by atoms with Crippen molar-refractivity contribution >= 4 is 29.3 Å². The van der Waals surface area contributed by atoms with Gasteiger partial charge in [-0.15, -0.1) is 29.7 Å². The van der Waals surface area contributed by atoms with Crippen molar-refractivity contribution in [2.75, 3.05) is 12.8 Å². The van der Waals surface area contributed by atoms with Crippen molar-refractivity contribution in [2.45, 2.75) is 4.90 Å². The van der Waals surface area contributed by atoms with Gasteiger partial charge in [-0.2, -0.15) is 5.10 Å². The number of benzene rings is 1. The van der Waals surface area contributed by atoms with E-state index in [1.54, 1.807) is 28.8 Å². The number of rotatable bonds is 6. The Morgan fingerprint density at radius 2 is 2.12 bits per heavy atom. The highest BCUT2D eigenvalue weighted by atomic mass is 32.2. The summed E-state index contributed by atoms with van der Waals surface area (Å²) in [7, 11) is 0. The maximum atomic E-state index is 5.51. The molecule has 122 valence electrons. The van der Waals surface area contributed by atoms with Crippen LogP contribution >= 0.6 is 23.1 Å². The fraction of sp³-hybridized carbons (Fsp3) is 0.111. The fourth-order valence-electron chi connectivity index (χ4n) is 2.07. The zero-order valence-corrected chi connectivity index (χ0v) is 14.9. The third kappa shape index (κ3) is 3.77. The van der Waals surface area contributed by atoms with E-state index in [1.165, 1.54) is 16.2 Å². The van der Waals surface area contributed by atoms with Gasteiger partial charge < -0.3 is 4.42 Å². The van der Waals surface area contributed by atoms with E-state index in [2.05, 4.69) is 47.2 Å². The van der Waals surface area contributed by atoms with Crippen molar-refractivity contribution in [3.8, 4) is 11.5 Å². The summed E-state index contributed by atoms with van der Waals surface area (Å²) in [6.07, 6.45) is 7.31. The molecule has 0 aliphatic rings. The first-order valence-corrected chi connectivity index (χ1v) is 9.46. The number of thioether (sulfide) groups is 1. The smallest absolute Gasteiger partial charge is 0.206 e. The molecule has 2 aromatic heterocycles. The summed E-state index contributed by atoms with van der Waals surface area (Å²) >= 11 is 3.25. The Morgan fingerprint density at radius 1 is 1.29 bits per heavy atom. The van der Waals surface area contributed by atoms with E-state index in [0.717, 1.165) is 21.8 Å². The maximum absolute atomic E-state index is 5.51. The molecule has 0 amide bonds. The lowest BCUT2D eigenvalue weighted by Crippen LogP contribution is -2.12. The number of nitrogens with zero attached hydrogens (tertiary/aromatic N) is 3. The second kappa shape index (κ2) is 7.99. The minimum absolute atomic E-state index is 0.552. The molecule has 0 radical (unpaired) electrons. The third-order valence-corrected chi connectivity index (χ3v) is 4.85. The topological polar surface area (TPSA) is 42.8 Å². The summed E-state index contributed by atoms with van der Waals surface area (Å²) in [5.41, 5.74) is 1.91. The normalized spacial score (nSPS) is 12.1. The van der Waals surface area contributed by atoms with E-state index in [9.17, 15) is 0 Å². The molecule has 3 rings (SSSR count). The van der Waals surface area contributed by atoms with Gasteiger partial charge in [-0.05, 0) is 36.1 Å². The molecular weight excluding hydrogens is 338 g/mol. The van der Waals surface area contributed by atoms with Crippen molar-refractivity contribution in [3.63, 3.8) is 0 Å². The van der Waals surface area contributed by atoms with Crippen LogP contribution in [0, 0.1) is 0 Å². The number of furan rings is 1. The summed E-state index contributed by atoms with van der Waals surface area (Å²) in [4.78, 5) is 6.53. The largest absolute Gasteiger partial charge is 0.463 e. The molecule has 0 spiro atoms. The molecule has 4 nitrogen and oxygen atoms in total. The molecule has 24 heavy (non-hydrogen) atoms. The van der Waals surface area contributed by atoms with Gasteiger partial charge in [-0.25, -0.2) is 4.68 Å². The van der Waals surface area contributed by atoms with E-state index in [0.29, 0.717) is 6.54 Å². The van der Waals surface area contributed by atoms with Crippen molar-refractivity contribution in [3.05, 3.63) is 71.1 Å². The number of aromatic nitrogens is 1. The number of hydrogen-bond acceptors (Lipinski definition) is 5. The molecule has 3 aromatic rings. The van der Waals surface area contributed by atoms with Crippen molar-refractivity contribution in [1.29, 1.82) is 0 Å². The molecule has 0 saturated carbocycles. The molecule has 0 aliphatic heterocycles. The number of hydrogen-bond donors (Lipinski definition) is 0. The lowest BCUT2D eigenvalue weighted by Gasteiger charge is -2.01. The first-order valence-electron chi connectivity index (χ1n) is 7.36. The predicted octanol–water partition coefficient (Wildman–Crippen LogP) is 4.50. The molecule has 0 unspecified atom stereocenters. The quantitative estimate of drug-likeness (QED) is 0.371. The minimum atomic E-state index is 0.552. The van der Waals surface area contributed by atoms with Gasteiger partial charge in [0, 0.05) is 10.3 Å². The van der Waals surface area contributed by atoms with Crippen LogP contribution < -0.4 is 4.80 Å². The van der Waals surface area contributed by atoms with Crippen LogP contribution in [0.25, 0.3) is 11.5 Å². The molecular formula is C18H17N3OS2. The third-order valence-electron chi connectivity index (χ3n) is 3.25. The van der Waals surface area contributed by atoms with Gasteiger partial charge in [0.1, 0.15) is 5.69 Å². The zero-order chi connectivity index (χ0) is 16.8. The Kier molecular flexibility index (Phi) is 5.51. The molecule has 0 aliphatic carbocycles. The van der Waals surface area contributed by atoms with Crippen LogP contribution in [0.2, 0.25) is 0 Å². The number of thiazole rings is 1. The average molecular weight is 355 g/mol. The Balaban J connectivity index is 1.99. The molecule has 0 bridgehead atoms. The van der Waals surface area contributed by atoms with Crippen LogP contribution in [0.3, 0.4) is 0 Å². The Labute approximate surface area is 148 Å². The lowest BCUT2D eigenvalue weighted by atomic mass is 10.2. The molecule has 1 aromatic carbocycles. The first kappa shape index (κ1) is 16.5. The van der Waals surface area contributed by atoms with Gasteiger partial charge in [0.15, 0.2) is 5.76 Å². The highest BCUT2D eigenvalue weighted by molar-refractivity contribution is 7.98. The van der Waals surface area contributed by atoms with E-state index in [-0.39, 0.29) is 0 Å². The van der Waals surface area contributed by atoms with Crippen molar-refractivity contribution < 1.29 is 4.42 Å². The van der Waals surface area contributed by atoms with Crippen molar-refractivity contribution in [1.82, 2.24) is 4.68 Å². The Morgan fingerprint density at radius 3 is 2.79 bits per heavy atom. The van der Waals surface area contributed by atoms with Crippen LogP contribution in [0.15, 0.2) is 80.1 Å². The highest BCUT2D eigenvalue weighted by Crippen LogP contribution is 2.20. The van der Waals surface area contributed by atoms with E-state index in [1.807, 2.05) is 23.7 Å². The van der Waals surface area contributed by atoms with Crippen molar-refractivity contribution in [2.24, 2.45) is 10.1 Å². The van der Waals surface area contributed by atoms with E-state index in [4.69, 9.17) is 4.42 Å². The second-order valence-corrected chi connectivity index (χ2v) is 6.56. The molecule has 0 N–H and O–H groups in total. The summed E-state index contributed by atoms with van der Waals surface area (Å²) in [6, 6.07) is 12.0. The van der Waals surface area contributed by atoms with E-state index >= 15 is 0 Å². The summed E-state index contributed by atoms with van der Waals surface area (Å²) in [5.74, 6) is 0.765. The fourth-order valence-corrected chi connectivity index (χ4v) is 3.31. The lowest BCUT2D eigenvalue weighted by molar-refractivity contribution is 0.575. The van der Waals surface area contributed by atoms with Crippen LogP contribution in [-0.2, 0) is 0 Å². The monoisotopic (exact) mass is 355 g/mol. The van der Waals surface area contributed by atoms with Gasteiger partial charge in [-0.3, -0.25) is 4.99 Å². The summed E-state index contributed by atoms with van der Waals surface area (Å²) in [6.45, 7) is 4.27. The maximum Gasteiger partial charge on any atom is 0.206 e. The predicted molar refractivity (Wildman–Crippen MR) is 102 cm³/mol. The van der Waals surface area contributed by atoms with Gasteiger partial charge in [-0.1, -0.05) is 18.2 Å². The minimum Gasteiger partial charge on any atom is -0.463 e. The second-order valence-electron chi connectivity index (χ2n) is 4.84. The molecule has 0 fully saturated rings. The van der Waals surface area contributed by atoms with Gasteiger partial charge in [0.05, 0.1) is 19.0 Å². The van der Waals surface area contributed by atoms with Gasteiger partial charge in [0.25, 0.3) is 0 Å². The molecule has 0 saturated heterocycles. The highest BCUT2D eigenvalue weighted by Gasteiger charge is 2.09. The molecule has 6 heteroatoms. The molecule has 2 heterocycles. The Bertz CT molecular complexity index is 887. The van der Waals surface area contributed by atoms with Crippen LogP contribution in [0.1, 0.15) is 5.56 Å². The summed E-state index contributed by atoms with van der Waals surface area (Å²) < 4.78 is 7.31. The van der Waals surface area contributed by atoms with Gasteiger partial charge in [0.2, 0.25) is 4.80 Å². The standard InChI is InChI=1S/C18H17N3OS2/c1-3-10-19-18-21(16(13-24-18)17-5-4-11-22-17)20-12-14-6-8-15(23-2)9-7-14/h3-9,11-13H,1,10H2,2H3. The first-order chi connectivity index (χ1) is 11.8. The summed E-state index contributed by atoms with van der Waals surface area (Å²) in [5, 5.41) is 6.60. The van der Waals surface area contributed by atoms with E-state index < -0.39 is 0 Å². The SMILES string of the molecule is C=CCN=c1scc(-c2ccco2)n1N=Cc1ccc(SC)cc1. The van der Waals surface area contributed by atoms with Crippen LogP contribution in [0.4, 0.5) is 0 Å².